The Kier molecular flexibility index (Phi) is 7.29. The summed E-state index contributed by atoms with van der Waals surface area (Å²) in [5.41, 5.74) is 4.02. The normalized spacial score (nSPS) is 17.7. The number of pyridine rings is 1. The fourth-order valence-electron chi connectivity index (χ4n) is 4.62. The van der Waals surface area contributed by atoms with Gasteiger partial charge in [0.1, 0.15) is 18.1 Å². The van der Waals surface area contributed by atoms with Crippen molar-refractivity contribution in [2.75, 3.05) is 39.8 Å². The molecule has 36 heavy (non-hydrogen) atoms. The van der Waals surface area contributed by atoms with Crippen LogP contribution in [0.15, 0.2) is 71.8 Å². The lowest BCUT2D eigenvalue weighted by Crippen LogP contribution is -2.48. The zero-order valence-corrected chi connectivity index (χ0v) is 21.6. The van der Waals surface area contributed by atoms with Gasteiger partial charge in [-0.3, -0.25) is 4.98 Å². The van der Waals surface area contributed by atoms with Crippen LogP contribution in [0.1, 0.15) is 23.2 Å². The van der Waals surface area contributed by atoms with Crippen molar-refractivity contribution in [3.05, 3.63) is 88.7 Å². The van der Waals surface area contributed by atoms with Gasteiger partial charge in [0.25, 0.3) is 0 Å². The fourth-order valence-corrected chi connectivity index (χ4v) is 6.17. The van der Waals surface area contributed by atoms with Crippen LogP contribution >= 0.6 is 11.6 Å². The summed E-state index contributed by atoms with van der Waals surface area (Å²) in [4.78, 5) is 7.12. The molecule has 0 bridgehead atoms. The van der Waals surface area contributed by atoms with E-state index >= 15 is 0 Å². The number of benzene rings is 2. The van der Waals surface area contributed by atoms with E-state index in [1.54, 1.807) is 41.9 Å². The predicted molar refractivity (Wildman–Crippen MR) is 140 cm³/mol. The molecule has 9 heteroatoms. The molecule has 3 aromatic rings. The maximum atomic E-state index is 13.0. The summed E-state index contributed by atoms with van der Waals surface area (Å²) in [5.74, 6) is 1.58. The van der Waals surface area contributed by atoms with Gasteiger partial charge in [-0.1, -0.05) is 23.7 Å². The van der Waals surface area contributed by atoms with Gasteiger partial charge in [0.15, 0.2) is 0 Å². The first-order chi connectivity index (χ1) is 17.5. The number of methoxy groups -OCH3 is 1. The average molecular weight is 526 g/mol. The number of hydrogen-bond acceptors (Lipinski definition) is 6. The molecule has 5 rings (SSSR count). The summed E-state index contributed by atoms with van der Waals surface area (Å²) < 4.78 is 39.0. The van der Waals surface area contributed by atoms with Crippen LogP contribution < -0.4 is 9.47 Å². The van der Waals surface area contributed by atoms with Gasteiger partial charge in [0.05, 0.1) is 17.7 Å². The minimum atomic E-state index is -3.51. The van der Waals surface area contributed by atoms with Gasteiger partial charge < -0.3 is 14.4 Å². The second-order valence-corrected chi connectivity index (χ2v) is 11.1. The van der Waals surface area contributed by atoms with Gasteiger partial charge in [0.2, 0.25) is 10.0 Å². The molecule has 0 N–H and O–H groups in total. The SMILES string of the molecule is COc1ccc2c(c1)C(=CCCN1CCN(S(=O)(=O)c3ccc(Cl)cc3)CC1)c1cccnc1CO2. The Morgan fingerprint density at radius 3 is 2.58 bits per heavy atom. The molecule has 0 saturated carbocycles. The Bertz CT molecular complexity index is 1370. The predicted octanol–water partition coefficient (Wildman–Crippen LogP) is 4.46. The van der Waals surface area contributed by atoms with Crippen molar-refractivity contribution >= 4 is 27.2 Å². The van der Waals surface area contributed by atoms with Crippen LogP contribution in [0.5, 0.6) is 11.5 Å². The summed E-state index contributed by atoms with van der Waals surface area (Å²) in [5, 5.41) is 0.521. The van der Waals surface area contributed by atoms with Crippen molar-refractivity contribution in [3.8, 4) is 11.5 Å². The highest BCUT2D eigenvalue weighted by Crippen LogP contribution is 2.38. The van der Waals surface area contributed by atoms with E-state index in [-0.39, 0.29) is 4.90 Å². The second kappa shape index (κ2) is 10.6. The van der Waals surface area contributed by atoms with Crippen molar-refractivity contribution < 1.29 is 17.9 Å². The van der Waals surface area contributed by atoms with Crippen LogP contribution in [0.2, 0.25) is 5.02 Å². The zero-order valence-electron chi connectivity index (χ0n) is 20.1. The maximum absolute atomic E-state index is 13.0. The Morgan fingerprint density at radius 1 is 1.06 bits per heavy atom. The van der Waals surface area contributed by atoms with Crippen molar-refractivity contribution in [3.63, 3.8) is 0 Å². The van der Waals surface area contributed by atoms with Crippen LogP contribution in [-0.2, 0) is 16.6 Å². The monoisotopic (exact) mass is 525 g/mol. The summed E-state index contributed by atoms with van der Waals surface area (Å²) in [6.07, 6.45) is 4.82. The molecule has 2 aliphatic rings. The van der Waals surface area contributed by atoms with E-state index in [9.17, 15) is 8.42 Å². The summed E-state index contributed by atoms with van der Waals surface area (Å²) in [6, 6.07) is 16.2. The molecule has 2 aliphatic heterocycles. The van der Waals surface area contributed by atoms with E-state index in [0.717, 1.165) is 46.9 Å². The number of hydrogen-bond donors (Lipinski definition) is 0. The molecule has 0 unspecified atom stereocenters. The Hall–Kier alpha value is -2.91. The molecular weight excluding hydrogens is 498 g/mol. The topological polar surface area (TPSA) is 72.0 Å². The number of fused-ring (bicyclic) bond motifs is 2. The van der Waals surface area contributed by atoms with Gasteiger partial charge in [-0.25, -0.2) is 8.42 Å². The van der Waals surface area contributed by atoms with Crippen molar-refractivity contribution in [1.82, 2.24) is 14.2 Å². The number of halogens is 1. The fraction of sp³-hybridized carbons (Fsp3) is 0.296. The number of aromatic nitrogens is 1. The zero-order chi connectivity index (χ0) is 25.1. The molecule has 1 fully saturated rings. The van der Waals surface area contributed by atoms with Crippen LogP contribution in [-0.4, -0.2) is 62.4 Å². The quantitative estimate of drug-likeness (QED) is 0.473. The third kappa shape index (κ3) is 5.13. The molecule has 0 atom stereocenters. The summed E-state index contributed by atoms with van der Waals surface area (Å²) >= 11 is 5.91. The average Bonchev–Trinajstić information content (AvgIpc) is 3.06. The van der Waals surface area contributed by atoms with Crippen LogP contribution in [0.3, 0.4) is 0 Å². The van der Waals surface area contributed by atoms with Gasteiger partial charge >= 0.3 is 0 Å². The van der Waals surface area contributed by atoms with Crippen molar-refractivity contribution in [2.45, 2.75) is 17.9 Å². The third-order valence-electron chi connectivity index (χ3n) is 6.60. The Balaban J connectivity index is 1.29. The molecule has 1 aromatic heterocycles. The molecular formula is C27H28ClN3O4S. The third-order valence-corrected chi connectivity index (χ3v) is 8.76. The maximum Gasteiger partial charge on any atom is 0.243 e. The molecule has 188 valence electrons. The van der Waals surface area contributed by atoms with Gasteiger partial charge in [-0.2, -0.15) is 4.31 Å². The second-order valence-electron chi connectivity index (χ2n) is 8.75. The molecule has 0 spiro atoms. The van der Waals surface area contributed by atoms with E-state index in [1.807, 2.05) is 24.3 Å². The highest BCUT2D eigenvalue weighted by Gasteiger charge is 2.28. The Labute approximate surface area is 217 Å². The molecule has 7 nitrogen and oxygen atoms in total. The Morgan fingerprint density at radius 2 is 1.83 bits per heavy atom. The van der Waals surface area contributed by atoms with Crippen LogP contribution in [0.25, 0.3) is 5.57 Å². The van der Waals surface area contributed by atoms with Crippen molar-refractivity contribution in [2.24, 2.45) is 0 Å². The van der Waals surface area contributed by atoms with E-state index in [1.165, 1.54) is 0 Å². The van der Waals surface area contributed by atoms with E-state index in [2.05, 4.69) is 22.0 Å². The lowest BCUT2D eigenvalue weighted by atomic mass is 9.95. The van der Waals surface area contributed by atoms with Crippen molar-refractivity contribution in [1.29, 1.82) is 0 Å². The first kappa shape index (κ1) is 24.8. The number of piperazine rings is 1. The van der Waals surface area contributed by atoms with E-state index in [4.69, 9.17) is 21.1 Å². The summed E-state index contributed by atoms with van der Waals surface area (Å²) in [7, 11) is -1.86. The number of sulfonamides is 1. The molecule has 0 aliphatic carbocycles. The molecule has 3 heterocycles. The van der Waals surface area contributed by atoms with Crippen LogP contribution in [0.4, 0.5) is 0 Å². The lowest BCUT2D eigenvalue weighted by Gasteiger charge is -2.33. The highest BCUT2D eigenvalue weighted by atomic mass is 35.5. The van der Waals surface area contributed by atoms with Crippen LogP contribution in [0, 0.1) is 0 Å². The smallest absolute Gasteiger partial charge is 0.243 e. The number of nitrogens with zero attached hydrogens (tertiary/aromatic N) is 3. The molecule has 0 amide bonds. The largest absolute Gasteiger partial charge is 0.497 e. The first-order valence-electron chi connectivity index (χ1n) is 11.9. The summed E-state index contributed by atoms with van der Waals surface area (Å²) in [6.45, 7) is 3.53. The molecule has 1 saturated heterocycles. The standard InChI is InChI=1S/C27H28ClN3O4S/c1-34-21-8-11-27-25(18-21)23(24-4-2-12-29-26(24)19-35-27)5-3-13-30-14-16-31(17-15-30)36(32,33)22-9-6-20(28)7-10-22/h2,4-12,18H,3,13-17,19H2,1H3. The number of rotatable bonds is 6. The highest BCUT2D eigenvalue weighted by molar-refractivity contribution is 7.89. The molecule has 2 aromatic carbocycles. The van der Waals surface area contributed by atoms with Gasteiger partial charge in [-0.05, 0) is 60.5 Å². The van der Waals surface area contributed by atoms with Gasteiger partial charge in [-0.15, -0.1) is 0 Å². The number of ether oxygens (including phenoxy) is 2. The lowest BCUT2D eigenvalue weighted by molar-refractivity contribution is 0.191. The first-order valence-corrected chi connectivity index (χ1v) is 13.7. The van der Waals surface area contributed by atoms with E-state index < -0.39 is 10.0 Å². The van der Waals surface area contributed by atoms with Gasteiger partial charge in [0, 0.05) is 55.1 Å². The van der Waals surface area contributed by atoms with E-state index in [0.29, 0.717) is 37.8 Å². The molecule has 0 radical (unpaired) electrons. The minimum absolute atomic E-state index is 0.280. The minimum Gasteiger partial charge on any atom is -0.497 e.